The number of benzene rings is 3. The van der Waals surface area contributed by atoms with E-state index in [1.807, 2.05) is 30.6 Å². The molecule has 0 unspecified atom stereocenters. The molecule has 0 saturated carbocycles. The summed E-state index contributed by atoms with van der Waals surface area (Å²) >= 11 is 1.63. The molecule has 10 nitrogen and oxygen atoms in total. The van der Waals surface area contributed by atoms with E-state index >= 15 is 4.39 Å². The molecule has 6 N–H and O–H groups in total. The number of para-hydroxylation sites is 1. The van der Waals surface area contributed by atoms with Crippen LogP contribution in [0.4, 0.5) is 21.6 Å². The number of nitrogen functional groups attached to an aromatic ring is 1. The monoisotopic (exact) mass is 654 g/mol. The number of phenols is 1. The predicted octanol–water partition coefficient (Wildman–Crippen LogP) is 5.66. The summed E-state index contributed by atoms with van der Waals surface area (Å²) < 4.78 is 21.0. The van der Waals surface area contributed by atoms with Crippen molar-refractivity contribution in [2.45, 2.75) is 26.4 Å². The van der Waals surface area contributed by atoms with Crippen LogP contribution >= 0.6 is 11.3 Å². The van der Waals surface area contributed by atoms with Crippen LogP contribution in [0.2, 0.25) is 0 Å². The molecule has 5 aromatic rings. The van der Waals surface area contributed by atoms with Crippen LogP contribution in [0.15, 0.2) is 72.2 Å². The average Bonchev–Trinajstić information content (AvgIpc) is 3.52. The summed E-state index contributed by atoms with van der Waals surface area (Å²) in [5.74, 6) is 0.716. The number of anilines is 3. The summed E-state index contributed by atoms with van der Waals surface area (Å²) in [4.78, 5) is 9.89. The Balaban J connectivity index is 0.974. The van der Waals surface area contributed by atoms with Crippen LogP contribution in [-0.4, -0.2) is 64.5 Å². The van der Waals surface area contributed by atoms with E-state index < -0.39 is 0 Å². The quantitative estimate of drug-likeness (QED) is 0.125. The Kier molecular flexibility index (Phi) is 10.1. The highest BCUT2D eigenvalue weighted by Gasteiger charge is 2.22. The predicted molar refractivity (Wildman–Crippen MR) is 186 cm³/mol. The number of nitrogens with one attached hydrogen (secondary N) is 1. The summed E-state index contributed by atoms with van der Waals surface area (Å²) in [6.45, 7) is 6.98. The number of aryl methyl sites for hydroxylation is 1. The Morgan fingerprint density at radius 2 is 1.81 bits per heavy atom. The van der Waals surface area contributed by atoms with Gasteiger partial charge in [-0.15, -0.1) is 21.5 Å². The number of phenolic OH excluding ortho intramolecular Hbond substituents is 1. The number of ether oxygens (including phenoxy) is 1. The standard InChI is InChI=1S/C35H39FN8O2S/c1-23-34(47-22-40-23)24-7-8-25(20-37)30(17-24)39-11-4-16-46-27-10-9-26(29(36)18-27)21-43-12-14-44(15-13-43)32-19-31(41-42-35(32)38)28-5-2-3-6-33(28)45/h2-3,5-10,17-19,22,39,45H,4,11-16,20-21,37H2,1H3,(H2,38,42). The van der Waals surface area contributed by atoms with Gasteiger partial charge in [0.2, 0.25) is 0 Å². The topological polar surface area (TPSA) is 139 Å². The lowest BCUT2D eigenvalue weighted by Crippen LogP contribution is -2.46. The Morgan fingerprint density at radius 3 is 2.55 bits per heavy atom. The van der Waals surface area contributed by atoms with Crippen LogP contribution in [0, 0.1) is 12.7 Å². The second-order valence-corrected chi connectivity index (χ2v) is 12.4. The summed E-state index contributed by atoms with van der Waals surface area (Å²) in [6, 6.07) is 20.2. The van der Waals surface area contributed by atoms with Gasteiger partial charge >= 0.3 is 0 Å². The van der Waals surface area contributed by atoms with Gasteiger partial charge in [0.25, 0.3) is 0 Å². The zero-order valence-corrected chi connectivity index (χ0v) is 27.1. The van der Waals surface area contributed by atoms with Crippen molar-refractivity contribution >= 4 is 28.5 Å². The van der Waals surface area contributed by atoms with Gasteiger partial charge in [-0.3, -0.25) is 4.90 Å². The summed E-state index contributed by atoms with van der Waals surface area (Å²) in [6.07, 6.45) is 0.743. The molecule has 6 rings (SSSR count). The van der Waals surface area contributed by atoms with Gasteiger partial charge in [0.15, 0.2) is 5.82 Å². The molecule has 3 heterocycles. The summed E-state index contributed by atoms with van der Waals surface area (Å²) in [7, 11) is 0. The van der Waals surface area contributed by atoms with E-state index in [4.69, 9.17) is 16.2 Å². The molecule has 1 saturated heterocycles. The fourth-order valence-corrected chi connectivity index (χ4v) is 6.53. The minimum absolute atomic E-state index is 0.138. The number of aromatic hydroxyl groups is 1. The molecule has 1 aliphatic heterocycles. The Morgan fingerprint density at radius 1 is 1.00 bits per heavy atom. The number of nitrogens with zero attached hydrogens (tertiary/aromatic N) is 5. The lowest BCUT2D eigenvalue weighted by atomic mass is 10.1. The molecule has 2 aromatic heterocycles. The third kappa shape index (κ3) is 7.62. The smallest absolute Gasteiger partial charge is 0.169 e. The molecule has 0 aliphatic carbocycles. The molecule has 1 aliphatic rings. The molecule has 244 valence electrons. The normalized spacial score (nSPS) is 13.6. The van der Waals surface area contributed by atoms with Gasteiger partial charge in [0, 0.05) is 68.7 Å². The van der Waals surface area contributed by atoms with Crippen molar-refractivity contribution in [2.24, 2.45) is 5.73 Å². The molecular formula is C35H39FN8O2S. The zero-order chi connectivity index (χ0) is 32.8. The van der Waals surface area contributed by atoms with Crippen molar-refractivity contribution < 1.29 is 14.2 Å². The van der Waals surface area contributed by atoms with E-state index in [1.54, 1.807) is 35.6 Å². The van der Waals surface area contributed by atoms with E-state index in [1.165, 1.54) is 6.07 Å². The maximum atomic E-state index is 15.1. The fourth-order valence-electron chi connectivity index (χ4n) is 5.72. The van der Waals surface area contributed by atoms with Crippen LogP contribution in [0.3, 0.4) is 0 Å². The van der Waals surface area contributed by atoms with E-state index in [0.717, 1.165) is 52.6 Å². The van der Waals surface area contributed by atoms with Gasteiger partial charge in [-0.05, 0) is 54.8 Å². The number of hydrogen-bond acceptors (Lipinski definition) is 11. The highest BCUT2D eigenvalue weighted by atomic mass is 32.1. The maximum absolute atomic E-state index is 15.1. The molecular weight excluding hydrogens is 616 g/mol. The highest BCUT2D eigenvalue weighted by molar-refractivity contribution is 7.13. The number of piperazine rings is 1. The first kappa shape index (κ1) is 32.2. The van der Waals surface area contributed by atoms with Crippen molar-refractivity contribution in [3.63, 3.8) is 0 Å². The van der Waals surface area contributed by atoms with Crippen LogP contribution in [0.1, 0.15) is 23.2 Å². The van der Waals surface area contributed by atoms with Crippen molar-refractivity contribution in [1.82, 2.24) is 20.1 Å². The van der Waals surface area contributed by atoms with E-state index in [9.17, 15) is 5.11 Å². The summed E-state index contributed by atoms with van der Waals surface area (Å²) in [5, 5.41) is 22.0. The van der Waals surface area contributed by atoms with Crippen molar-refractivity contribution in [2.75, 3.05) is 55.3 Å². The molecule has 3 aromatic carbocycles. The van der Waals surface area contributed by atoms with E-state index in [2.05, 4.69) is 48.5 Å². The second kappa shape index (κ2) is 14.8. The van der Waals surface area contributed by atoms with Crippen molar-refractivity contribution in [3.05, 3.63) is 94.9 Å². The molecule has 0 spiro atoms. The number of halogens is 1. The molecule has 0 amide bonds. The van der Waals surface area contributed by atoms with Gasteiger partial charge in [-0.25, -0.2) is 9.37 Å². The third-order valence-corrected chi connectivity index (χ3v) is 9.33. The van der Waals surface area contributed by atoms with Crippen molar-refractivity contribution in [3.8, 4) is 33.2 Å². The van der Waals surface area contributed by atoms with Gasteiger partial charge in [-0.1, -0.05) is 30.3 Å². The number of nitrogens with two attached hydrogens (primary N) is 2. The van der Waals surface area contributed by atoms with Crippen LogP contribution < -0.4 is 26.4 Å². The van der Waals surface area contributed by atoms with E-state index in [0.29, 0.717) is 67.7 Å². The number of hydrogen-bond donors (Lipinski definition) is 4. The fraction of sp³-hybridized carbons (Fsp3) is 0.286. The lowest BCUT2D eigenvalue weighted by molar-refractivity contribution is 0.246. The SMILES string of the molecule is Cc1ncsc1-c1ccc(CN)c(NCCCOc2ccc(CN3CCN(c4cc(-c5ccccc5O)nnc4N)CC3)c(F)c2)c1. The average molecular weight is 655 g/mol. The minimum atomic E-state index is -0.277. The Hall–Kier alpha value is -4.78. The summed E-state index contributed by atoms with van der Waals surface area (Å²) in [5.41, 5.74) is 20.8. The van der Waals surface area contributed by atoms with Crippen molar-refractivity contribution in [1.29, 1.82) is 0 Å². The Labute approximate surface area is 277 Å². The van der Waals surface area contributed by atoms with Gasteiger partial charge in [0.1, 0.15) is 17.3 Å². The maximum Gasteiger partial charge on any atom is 0.169 e. The second-order valence-electron chi connectivity index (χ2n) is 11.5. The molecule has 0 bridgehead atoms. The van der Waals surface area contributed by atoms with E-state index in [-0.39, 0.29) is 11.6 Å². The molecule has 0 atom stereocenters. The molecule has 0 radical (unpaired) electrons. The highest BCUT2D eigenvalue weighted by Crippen LogP contribution is 2.33. The van der Waals surface area contributed by atoms with Gasteiger partial charge < -0.3 is 31.5 Å². The van der Waals surface area contributed by atoms with Crippen LogP contribution in [0.5, 0.6) is 11.5 Å². The minimum Gasteiger partial charge on any atom is -0.507 e. The van der Waals surface area contributed by atoms with Crippen LogP contribution in [-0.2, 0) is 13.1 Å². The number of rotatable bonds is 12. The molecule has 1 fully saturated rings. The lowest BCUT2D eigenvalue weighted by Gasteiger charge is -2.36. The molecule has 12 heteroatoms. The first-order valence-electron chi connectivity index (χ1n) is 15.7. The Bertz CT molecular complexity index is 1830. The molecule has 47 heavy (non-hydrogen) atoms. The van der Waals surface area contributed by atoms with Gasteiger partial charge in [0.05, 0.1) is 34.1 Å². The largest absolute Gasteiger partial charge is 0.507 e. The van der Waals surface area contributed by atoms with Crippen LogP contribution in [0.25, 0.3) is 21.7 Å². The third-order valence-electron chi connectivity index (χ3n) is 8.36. The van der Waals surface area contributed by atoms with Gasteiger partial charge in [-0.2, -0.15) is 0 Å². The zero-order valence-electron chi connectivity index (χ0n) is 26.3. The first-order chi connectivity index (χ1) is 22.9. The number of thiazole rings is 1. The first-order valence-corrected chi connectivity index (χ1v) is 16.5. The number of aromatic nitrogens is 3.